The zero-order chi connectivity index (χ0) is 19.8. The number of phenolic OH excluding ortho intramolecular Hbond substituents is 1. The molecule has 2 rings (SSSR count). The van der Waals surface area contributed by atoms with E-state index in [-0.39, 0.29) is 23.1 Å². The van der Waals surface area contributed by atoms with Gasteiger partial charge in [-0.3, -0.25) is 4.79 Å². The van der Waals surface area contributed by atoms with E-state index in [9.17, 15) is 14.7 Å². The summed E-state index contributed by atoms with van der Waals surface area (Å²) in [5.74, 6) is -0.105. The number of aromatic hydroxyl groups is 1. The molecular formula is C18H28N4O4S. The smallest absolute Gasteiger partial charge is 0.404 e. The van der Waals surface area contributed by atoms with Crippen molar-refractivity contribution in [3.8, 4) is 5.75 Å². The van der Waals surface area contributed by atoms with Crippen LogP contribution in [0.3, 0.4) is 0 Å². The van der Waals surface area contributed by atoms with Gasteiger partial charge in [-0.05, 0) is 37.7 Å². The summed E-state index contributed by atoms with van der Waals surface area (Å²) >= 11 is 1.04. The standard InChI is InChI=1S/C18H28N4O4S/c1-3-22(4-2)10-9-20-8-7-12(11-26-17(19)24)13-5-6-14(23)15-16(13)27-18(25)21-15/h5-6,12,20,23H,3-4,7-11H2,1-2H3,(H2,19,24)(H,21,25). The normalized spacial score (nSPS) is 12.6. The minimum atomic E-state index is -0.827. The Morgan fingerprint density at radius 1 is 1.37 bits per heavy atom. The molecule has 0 saturated heterocycles. The van der Waals surface area contributed by atoms with Gasteiger partial charge in [0.1, 0.15) is 17.9 Å². The molecule has 0 radical (unpaired) electrons. The molecule has 2 aromatic rings. The third kappa shape index (κ3) is 5.95. The van der Waals surface area contributed by atoms with Crippen LogP contribution < -0.4 is 15.9 Å². The fourth-order valence-electron chi connectivity index (χ4n) is 3.05. The Labute approximate surface area is 162 Å². The Morgan fingerprint density at radius 3 is 2.78 bits per heavy atom. The zero-order valence-electron chi connectivity index (χ0n) is 15.8. The average Bonchev–Trinajstić information content (AvgIpc) is 3.04. The molecule has 1 aromatic heterocycles. The lowest BCUT2D eigenvalue weighted by atomic mass is 9.96. The minimum Gasteiger partial charge on any atom is -0.506 e. The van der Waals surface area contributed by atoms with Gasteiger partial charge in [-0.15, -0.1) is 0 Å². The summed E-state index contributed by atoms with van der Waals surface area (Å²) in [7, 11) is 0. The van der Waals surface area contributed by atoms with Gasteiger partial charge in [-0.1, -0.05) is 31.3 Å². The van der Waals surface area contributed by atoms with Gasteiger partial charge in [0.15, 0.2) is 0 Å². The number of aromatic amines is 1. The number of amides is 1. The van der Waals surface area contributed by atoms with Crippen molar-refractivity contribution < 1.29 is 14.6 Å². The summed E-state index contributed by atoms with van der Waals surface area (Å²) in [6, 6.07) is 3.32. The number of hydrogen-bond donors (Lipinski definition) is 4. The largest absolute Gasteiger partial charge is 0.506 e. The highest BCUT2D eigenvalue weighted by molar-refractivity contribution is 7.16. The molecule has 150 valence electrons. The fraction of sp³-hybridized carbons (Fsp3) is 0.556. The maximum absolute atomic E-state index is 11.7. The van der Waals surface area contributed by atoms with Gasteiger partial charge in [0.05, 0.1) is 4.70 Å². The summed E-state index contributed by atoms with van der Waals surface area (Å²) in [5.41, 5.74) is 6.40. The van der Waals surface area contributed by atoms with E-state index in [1.807, 2.05) is 0 Å². The summed E-state index contributed by atoms with van der Waals surface area (Å²) < 4.78 is 5.71. The number of thiazole rings is 1. The maximum Gasteiger partial charge on any atom is 0.404 e. The molecule has 0 aliphatic rings. The van der Waals surface area contributed by atoms with Crippen molar-refractivity contribution in [1.29, 1.82) is 0 Å². The lowest BCUT2D eigenvalue weighted by Gasteiger charge is -2.20. The van der Waals surface area contributed by atoms with E-state index in [4.69, 9.17) is 10.5 Å². The molecule has 1 aromatic carbocycles. The molecule has 0 aliphatic carbocycles. The van der Waals surface area contributed by atoms with Gasteiger partial charge in [0.2, 0.25) is 0 Å². The molecule has 5 N–H and O–H groups in total. The van der Waals surface area contributed by atoms with Crippen molar-refractivity contribution in [2.24, 2.45) is 5.73 Å². The number of aromatic nitrogens is 1. The SMILES string of the molecule is CCN(CC)CCNCCC(COC(N)=O)c1ccc(O)c2[nH]c(=O)sc12. The van der Waals surface area contributed by atoms with E-state index in [1.165, 1.54) is 0 Å². The first-order valence-electron chi connectivity index (χ1n) is 9.16. The third-order valence-electron chi connectivity index (χ3n) is 4.62. The molecule has 0 bridgehead atoms. The lowest BCUT2D eigenvalue weighted by Crippen LogP contribution is -2.32. The number of likely N-dealkylation sites (N-methyl/N-ethyl adjacent to an activating group) is 1. The highest BCUT2D eigenvalue weighted by Gasteiger charge is 2.19. The summed E-state index contributed by atoms with van der Waals surface area (Å²) in [6.07, 6.45) is -0.121. The second kappa shape index (κ2) is 10.3. The number of primary amides is 1. The first-order chi connectivity index (χ1) is 13.0. The summed E-state index contributed by atoms with van der Waals surface area (Å²) in [6.45, 7) is 9.01. The van der Waals surface area contributed by atoms with Crippen molar-refractivity contribution in [2.75, 3.05) is 39.3 Å². The van der Waals surface area contributed by atoms with E-state index in [0.717, 1.165) is 49.6 Å². The maximum atomic E-state index is 11.7. The predicted octanol–water partition coefficient (Wildman–Crippen LogP) is 1.80. The number of carbonyl (C=O) groups is 1. The molecule has 1 atom stereocenters. The number of fused-ring (bicyclic) bond motifs is 1. The van der Waals surface area contributed by atoms with Gasteiger partial charge < -0.3 is 30.8 Å². The second-order valence-electron chi connectivity index (χ2n) is 6.29. The van der Waals surface area contributed by atoms with Gasteiger partial charge in [-0.25, -0.2) is 4.79 Å². The Bertz CT molecular complexity index is 800. The fourth-order valence-corrected chi connectivity index (χ4v) is 4.00. The highest BCUT2D eigenvalue weighted by atomic mass is 32.1. The topological polar surface area (TPSA) is 121 Å². The van der Waals surface area contributed by atoms with Crippen LogP contribution in [-0.4, -0.2) is 60.4 Å². The van der Waals surface area contributed by atoms with Crippen LogP contribution >= 0.6 is 11.3 Å². The number of hydrogen-bond acceptors (Lipinski definition) is 7. The number of ether oxygens (including phenoxy) is 1. The van der Waals surface area contributed by atoms with E-state index < -0.39 is 6.09 Å². The Morgan fingerprint density at radius 2 is 2.11 bits per heavy atom. The van der Waals surface area contributed by atoms with Crippen LogP contribution in [0.4, 0.5) is 4.79 Å². The third-order valence-corrected chi connectivity index (χ3v) is 5.55. The molecule has 0 fully saturated rings. The van der Waals surface area contributed by atoms with Crippen LogP contribution in [0.1, 0.15) is 31.7 Å². The highest BCUT2D eigenvalue weighted by Crippen LogP contribution is 2.33. The van der Waals surface area contributed by atoms with Crippen LogP contribution in [0.15, 0.2) is 16.9 Å². The van der Waals surface area contributed by atoms with Gasteiger partial charge in [0.25, 0.3) is 0 Å². The van der Waals surface area contributed by atoms with Crippen molar-refractivity contribution >= 4 is 27.6 Å². The van der Waals surface area contributed by atoms with Crippen LogP contribution in [0.2, 0.25) is 0 Å². The van der Waals surface area contributed by atoms with Crippen molar-refractivity contribution in [2.45, 2.75) is 26.2 Å². The summed E-state index contributed by atoms with van der Waals surface area (Å²) in [5, 5.41) is 13.4. The predicted molar refractivity (Wildman–Crippen MR) is 108 cm³/mol. The molecular weight excluding hydrogens is 368 g/mol. The van der Waals surface area contributed by atoms with Crippen LogP contribution in [0.25, 0.3) is 10.2 Å². The Balaban J connectivity index is 2.07. The monoisotopic (exact) mass is 396 g/mol. The van der Waals surface area contributed by atoms with Gasteiger partial charge in [0, 0.05) is 19.0 Å². The Hall–Kier alpha value is -2.10. The molecule has 8 nitrogen and oxygen atoms in total. The zero-order valence-corrected chi connectivity index (χ0v) is 16.6. The number of phenols is 1. The van der Waals surface area contributed by atoms with Crippen LogP contribution in [0.5, 0.6) is 5.75 Å². The molecule has 1 unspecified atom stereocenters. The lowest BCUT2D eigenvalue weighted by molar-refractivity contribution is 0.147. The molecule has 27 heavy (non-hydrogen) atoms. The van der Waals surface area contributed by atoms with Crippen molar-refractivity contribution in [3.05, 3.63) is 27.4 Å². The van der Waals surface area contributed by atoms with Gasteiger partial charge in [-0.2, -0.15) is 0 Å². The van der Waals surface area contributed by atoms with Crippen molar-refractivity contribution in [1.82, 2.24) is 15.2 Å². The number of carbonyl (C=O) groups excluding carboxylic acids is 1. The first-order valence-corrected chi connectivity index (χ1v) is 9.97. The van der Waals surface area contributed by atoms with E-state index in [2.05, 4.69) is 29.0 Å². The molecule has 1 heterocycles. The number of nitrogens with zero attached hydrogens (tertiary/aromatic N) is 1. The van der Waals surface area contributed by atoms with Crippen molar-refractivity contribution in [3.63, 3.8) is 0 Å². The summed E-state index contributed by atoms with van der Waals surface area (Å²) in [4.78, 5) is 27.5. The number of rotatable bonds is 11. The van der Waals surface area contributed by atoms with Gasteiger partial charge >= 0.3 is 11.0 Å². The minimum absolute atomic E-state index is 0.0269. The molecule has 9 heteroatoms. The Kier molecular flexibility index (Phi) is 8.08. The van der Waals surface area contributed by atoms with E-state index in [0.29, 0.717) is 16.6 Å². The number of nitrogens with two attached hydrogens (primary N) is 1. The second-order valence-corrected chi connectivity index (χ2v) is 7.27. The van der Waals surface area contributed by atoms with E-state index in [1.54, 1.807) is 12.1 Å². The van der Waals surface area contributed by atoms with E-state index >= 15 is 0 Å². The first kappa shape index (κ1) is 21.2. The molecule has 0 saturated carbocycles. The number of nitrogens with one attached hydrogen (secondary N) is 2. The number of benzene rings is 1. The van der Waals surface area contributed by atoms with Crippen LogP contribution in [-0.2, 0) is 4.74 Å². The number of H-pyrrole nitrogens is 1. The molecule has 1 amide bonds. The quantitative estimate of drug-likeness (QED) is 0.430. The average molecular weight is 397 g/mol. The molecule has 0 aliphatic heterocycles. The van der Waals surface area contributed by atoms with Crippen LogP contribution in [0, 0.1) is 0 Å². The molecule has 0 spiro atoms.